The smallest absolute Gasteiger partial charge is 0.251 e. The van der Waals surface area contributed by atoms with Crippen molar-refractivity contribution in [3.8, 4) is 11.1 Å². The fourth-order valence-electron chi connectivity index (χ4n) is 2.10. The van der Waals surface area contributed by atoms with Gasteiger partial charge in [0.1, 0.15) is 0 Å². The molecule has 4 nitrogen and oxygen atoms in total. The lowest BCUT2D eigenvalue weighted by molar-refractivity contribution is 0.0950. The van der Waals surface area contributed by atoms with Crippen molar-refractivity contribution in [2.75, 3.05) is 0 Å². The highest BCUT2D eigenvalue weighted by molar-refractivity contribution is 5.94. The highest BCUT2D eigenvalue weighted by Gasteiger charge is 2.06. The molecule has 0 atom stereocenters. The molecule has 4 heteroatoms. The second kappa shape index (κ2) is 6.05. The zero-order chi connectivity index (χ0) is 14.5. The Labute approximate surface area is 122 Å². The Morgan fingerprint density at radius 2 is 1.71 bits per heavy atom. The molecule has 104 valence electrons. The maximum Gasteiger partial charge on any atom is 0.251 e. The van der Waals surface area contributed by atoms with E-state index in [1.807, 2.05) is 54.6 Å². The van der Waals surface area contributed by atoms with Crippen LogP contribution in [0.3, 0.4) is 0 Å². The topological polar surface area (TPSA) is 57.8 Å². The summed E-state index contributed by atoms with van der Waals surface area (Å²) in [5, 5.41) is 2.85. The lowest BCUT2D eigenvalue weighted by Crippen LogP contribution is -2.22. The van der Waals surface area contributed by atoms with E-state index in [4.69, 9.17) is 0 Å². The average Bonchev–Trinajstić information content (AvgIpc) is 3.07. The number of aromatic nitrogens is 2. The summed E-state index contributed by atoms with van der Waals surface area (Å²) in [4.78, 5) is 18.9. The Kier molecular flexibility index (Phi) is 3.78. The van der Waals surface area contributed by atoms with Gasteiger partial charge in [-0.3, -0.25) is 4.79 Å². The van der Waals surface area contributed by atoms with Gasteiger partial charge in [0.05, 0.1) is 18.6 Å². The number of rotatable bonds is 4. The van der Waals surface area contributed by atoms with Gasteiger partial charge in [-0.2, -0.15) is 0 Å². The summed E-state index contributed by atoms with van der Waals surface area (Å²) >= 11 is 0. The van der Waals surface area contributed by atoms with E-state index in [2.05, 4.69) is 15.3 Å². The van der Waals surface area contributed by atoms with E-state index in [0.29, 0.717) is 12.1 Å². The summed E-state index contributed by atoms with van der Waals surface area (Å²) in [5.74, 6) is -0.0933. The predicted molar refractivity (Wildman–Crippen MR) is 81.6 cm³/mol. The molecule has 3 aromatic rings. The van der Waals surface area contributed by atoms with Crippen molar-refractivity contribution >= 4 is 5.91 Å². The second-order valence-corrected chi connectivity index (χ2v) is 4.70. The Morgan fingerprint density at radius 3 is 2.38 bits per heavy atom. The Hall–Kier alpha value is -2.88. The molecule has 3 rings (SSSR count). The highest BCUT2D eigenvalue weighted by atomic mass is 16.1. The first-order valence-electron chi connectivity index (χ1n) is 6.74. The average molecular weight is 277 g/mol. The van der Waals surface area contributed by atoms with Gasteiger partial charge in [-0.25, -0.2) is 4.98 Å². The van der Waals surface area contributed by atoms with E-state index in [0.717, 1.165) is 16.8 Å². The number of nitrogens with one attached hydrogen (secondary N) is 2. The van der Waals surface area contributed by atoms with Gasteiger partial charge in [0.15, 0.2) is 0 Å². The summed E-state index contributed by atoms with van der Waals surface area (Å²) in [6, 6.07) is 17.7. The molecule has 0 fully saturated rings. The largest absolute Gasteiger partial charge is 0.347 e. The van der Waals surface area contributed by atoms with Gasteiger partial charge in [0.2, 0.25) is 0 Å². The third kappa shape index (κ3) is 3.17. The predicted octanol–water partition coefficient (Wildman–Crippen LogP) is 3.01. The van der Waals surface area contributed by atoms with Crippen molar-refractivity contribution in [3.05, 3.63) is 78.4 Å². The van der Waals surface area contributed by atoms with Crippen molar-refractivity contribution in [3.63, 3.8) is 0 Å². The van der Waals surface area contributed by atoms with E-state index >= 15 is 0 Å². The molecule has 1 amide bonds. The minimum absolute atomic E-state index is 0.0933. The monoisotopic (exact) mass is 277 g/mol. The zero-order valence-electron chi connectivity index (χ0n) is 11.4. The SMILES string of the molecule is O=C(NCc1cnc[nH]1)c1ccc(-c2ccccc2)cc1. The number of amides is 1. The number of carbonyl (C=O) groups is 1. The van der Waals surface area contributed by atoms with Gasteiger partial charge in [0.25, 0.3) is 5.91 Å². The van der Waals surface area contributed by atoms with Crippen molar-refractivity contribution < 1.29 is 4.79 Å². The van der Waals surface area contributed by atoms with E-state index in [1.54, 1.807) is 12.5 Å². The molecule has 21 heavy (non-hydrogen) atoms. The summed E-state index contributed by atoms with van der Waals surface area (Å²) in [5.41, 5.74) is 3.76. The molecule has 2 aromatic carbocycles. The van der Waals surface area contributed by atoms with E-state index in [9.17, 15) is 4.79 Å². The second-order valence-electron chi connectivity index (χ2n) is 4.70. The van der Waals surface area contributed by atoms with Crippen LogP contribution in [-0.2, 0) is 6.54 Å². The minimum atomic E-state index is -0.0933. The lowest BCUT2D eigenvalue weighted by atomic mass is 10.0. The maximum absolute atomic E-state index is 12.0. The van der Waals surface area contributed by atoms with Crippen LogP contribution in [0.15, 0.2) is 67.1 Å². The molecule has 0 aliphatic heterocycles. The van der Waals surface area contributed by atoms with Crippen LogP contribution in [0.5, 0.6) is 0 Å². The zero-order valence-corrected chi connectivity index (χ0v) is 11.4. The summed E-state index contributed by atoms with van der Waals surface area (Å²) in [7, 11) is 0. The Bertz CT molecular complexity index is 704. The number of imidazole rings is 1. The molecule has 0 aliphatic carbocycles. The van der Waals surface area contributed by atoms with Crippen molar-refractivity contribution in [1.82, 2.24) is 15.3 Å². The summed E-state index contributed by atoms with van der Waals surface area (Å²) < 4.78 is 0. The van der Waals surface area contributed by atoms with Crippen LogP contribution in [-0.4, -0.2) is 15.9 Å². The van der Waals surface area contributed by atoms with Gasteiger partial charge >= 0.3 is 0 Å². The number of hydrogen-bond donors (Lipinski definition) is 2. The number of H-pyrrole nitrogens is 1. The maximum atomic E-state index is 12.0. The van der Waals surface area contributed by atoms with Gasteiger partial charge in [-0.15, -0.1) is 0 Å². The fraction of sp³-hybridized carbons (Fsp3) is 0.0588. The van der Waals surface area contributed by atoms with Gasteiger partial charge in [0, 0.05) is 11.8 Å². The molecule has 0 saturated heterocycles. The minimum Gasteiger partial charge on any atom is -0.347 e. The van der Waals surface area contributed by atoms with Crippen LogP contribution in [0.2, 0.25) is 0 Å². The van der Waals surface area contributed by atoms with E-state index in [1.165, 1.54) is 0 Å². The third-order valence-corrected chi connectivity index (χ3v) is 3.25. The molecular formula is C17H15N3O. The highest BCUT2D eigenvalue weighted by Crippen LogP contribution is 2.19. The van der Waals surface area contributed by atoms with Crippen LogP contribution in [0.25, 0.3) is 11.1 Å². The normalized spacial score (nSPS) is 10.3. The van der Waals surface area contributed by atoms with Crippen molar-refractivity contribution in [1.29, 1.82) is 0 Å². The van der Waals surface area contributed by atoms with Crippen LogP contribution in [0.1, 0.15) is 16.1 Å². The molecule has 0 bridgehead atoms. The third-order valence-electron chi connectivity index (χ3n) is 3.25. The molecule has 0 unspecified atom stereocenters. The summed E-state index contributed by atoms with van der Waals surface area (Å²) in [6.45, 7) is 0.444. The first-order chi connectivity index (χ1) is 10.3. The molecule has 0 aliphatic rings. The molecule has 1 heterocycles. The fourth-order valence-corrected chi connectivity index (χ4v) is 2.10. The van der Waals surface area contributed by atoms with Crippen molar-refractivity contribution in [2.45, 2.75) is 6.54 Å². The lowest BCUT2D eigenvalue weighted by Gasteiger charge is -2.05. The van der Waals surface area contributed by atoms with Crippen molar-refractivity contribution in [2.24, 2.45) is 0 Å². The first kappa shape index (κ1) is 13.1. The first-order valence-corrected chi connectivity index (χ1v) is 6.74. The van der Waals surface area contributed by atoms with Gasteiger partial charge < -0.3 is 10.3 Å². The van der Waals surface area contributed by atoms with E-state index < -0.39 is 0 Å². The van der Waals surface area contributed by atoms with Crippen LogP contribution in [0.4, 0.5) is 0 Å². The molecule has 0 saturated carbocycles. The number of nitrogens with zero attached hydrogens (tertiary/aromatic N) is 1. The van der Waals surface area contributed by atoms with E-state index in [-0.39, 0.29) is 5.91 Å². The number of benzene rings is 2. The molecule has 0 radical (unpaired) electrons. The quantitative estimate of drug-likeness (QED) is 0.770. The van der Waals surface area contributed by atoms with Gasteiger partial charge in [-0.1, -0.05) is 42.5 Å². The molecular weight excluding hydrogens is 262 g/mol. The van der Waals surface area contributed by atoms with Crippen LogP contribution in [0, 0.1) is 0 Å². The number of carbonyl (C=O) groups excluding carboxylic acids is 1. The molecule has 1 aromatic heterocycles. The molecule has 2 N–H and O–H groups in total. The van der Waals surface area contributed by atoms with Crippen LogP contribution < -0.4 is 5.32 Å². The Balaban J connectivity index is 1.67. The summed E-state index contributed by atoms with van der Waals surface area (Å²) in [6.07, 6.45) is 3.29. The standard InChI is InChI=1S/C17H15N3O/c21-17(19-11-16-10-18-12-20-16)15-8-6-14(7-9-15)13-4-2-1-3-5-13/h1-10,12H,11H2,(H,18,20)(H,19,21). The number of hydrogen-bond acceptors (Lipinski definition) is 2. The Morgan fingerprint density at radius 1 is 1.00 bits per heavy atom. The van der Waals surface area contributed by atoms with Crippen LogP contribution >= 0.6 is 0 Å². The number of aromatic amines is 1. The van der Waals surface area contributed by atoms with Gasteiger partial charge in [-0.05, 0) is 23.3 Å². The molecule has 0 spiro atoms.